The third-order valence-electron chi connectivity index (χ3n) is 5.69. The van der Waals surface area contributed by atoms with Crippen molar-refractivity contribution in [3.8, 4) is 0 Å². The molecule has 4 nitrogen and oxygen atoms in total. The molecule has 4 rings (SSSR count). The van der Waals surface area contributed by atoms with Crippen LogP contribution in [0.4, 0.5) is 0 Å². The molecule has 0 saturated heterocycles. The molecule has 0 radical (unpaired) electrons. The smallest absolute Gasteiger partial charge is 0.236 e. The number of fused-ring (bicyclic) bond motifs is 2. The highest BCUT2D eigenvalue weighted by Gasteiger charge is 2.38. The van der Waals surface area contributed by atoms with Gasteiger partial charge >= 0.3 is 0 Å². The summed E-state index contributed by atoms with van der Waals surface area (Å²) in [5, 5.41) is 13.4. The number of nitrogens with one attached hydrogen (secondary N) is 1. The van der Waals surface area contributed by atoms with Gasteiger partial charge in [-0.05, 0) is 41.5 Å². The van der Waals surface area contributed by atoms with Crippen LogP contribution in [-0.2, 0) is 29.7 Å². The summed E-state index contributed by atoms with van der Waals surface area (Å²) in [4.78, 5) is 14.6. The predicted octanol–water partition coefficient (Wildman–Crippen LogP) is 1.99. The largest absolute Gasteiger partial charge is 0.394 e. The van der Waals surface area contributed by atoms with E-state index in [1.165, 1.54) is 16.7 Å². The molecule has 0 aromatic heterocycles. The quantitative estimate of drug-likeness (QED) is 0.898. The van der Waals surface area contributed by atoms with Crippen LogP contribution in [-0.4, -0.2) is 35.6 Å². The molecule has 1 heterocycles. The van der Waals surface area contributed by atoms with Crippen molar-refractivity contribution >= 4 is 5.91 Å². The monoisotopic (exact) mass is 336 g/mol. The Hall–Kier alpha value is -2.17. The number of aliphatic hydroxyl groups is 1. The molecule has 1 aliphatic heterocycles. The Labute approximate surface area is 148 Å². The van der Waals surface area contributed by atoms with Crippen molar-refractivity contribution in [1.82, 2.24) is 10.2 Å². The van der Waals surface area contributed by atoms with E-state index in [1.807, 2.05) is 23.1 Å². The highest BCUT2D eigenvalue weighted by molar-refractivity contribution is 5.78. The molecule has 4 heteroatoms. The van der Waals surface area contributed by atoms with Gasteiger partial charge in [-0.1, -0.05) is 48.5 Å². The fourth-order valence-electron chi connectivity index (χ4n) is 4.16. The molecule has 1 aliphatic carbocycles. The Morgan fingerprint density at radius 1 is 1.04 bits per heavy atom. The lowest BCUT2D eigenvalue weighted by molar-refractivity contribution is -0.131. The number of carbonyl (C=O) groups excluding carboxylic acids is 1. The molecule has 0 saturated carbocycles. The minimum Gasteiger partial charge on any atom is -0.394 e. The summed E-state index contributed by atoms with van der Waals surface area (Å²) >= 11 is 0. The summed E-state index contributed by atoms with van der Waals surface area (Å²) in [6, 6.07) is 16.5. The summed E-state index contributed by atoms with van der Waals surface area (Å²) in [5.41, 5.74) is 4.50. The van der Waals surface area contributed by atoms with Gasteiger partial charge in [0, 0.05) is 13.1 Å². The standard InChI is InChI=1S/C21H24N2O2/c24-15-21(11-9-17-6-3-4-8-19(17)21)22-13-20(25)23-12-10-16-5-1-2-7-18(16)14-23/h1-8,22,24H,9-15H2. The molecule has 0 spiro atoms. The van der Waals surface area contributed by atoms with Crippen LogP contribution in [0.1, 0.15) is 28.7 Å². The maximum atomic E-state index is 12.7. The van der Waals surface area contributed by atoms with Gasteiger partial charge in [0.1, 0.15) is 0 Å². The molecule has 130 valence electrons. The van der Waals surface area contributed by atoms with Crippen LogP contribution in [0.15, 0.2) is 48.5 Å². The third kappa shape index (κ3) is 2.96. The first-order valence-electron chi connectivity index (χ1n) is 9.01. The molecule has 2 aromatic rings. The summed E-state index contributed by atoms with van der Waals surface area (Å²) < 4.78 is 0. The van der Waals surface area contributed by atoms with Gasteiger partial charge in [-0.3, -0.25) is 10.1 Å². The number of aliphatic hydroxyl groups excluding tert-OH is 1. The average Bonchev–Trinajstić information content (AvgIpc) is 3.05. The van der Waals surface area contributed by atoms with Crippen molar-refractivity contribution in [2.75, 3.05) is 19.7 Å². The molecule has 2 aliphatic rings. The number of amides is 1. The van der Waals surface area contributed by atoms with Crippen LogP contribution in [0.25, 0.3) is 0 Å². The first-order valence-corrected chi connectivity index (χ1v) is 9.01. The normalized spacial score (nSPS) is 21.7. The number of hydrogen-bond acceptors (Lipinski definition) is 3. The Bertz CT molecular complexity index is 789. The highest BCUT2D eigenvalue weighted by atomic mass is 16.3. The van der Waals surface area contributed by atoms with E-state index in [2.05, 4.69) is 35.6 Å². The minimum absolute atomic E-state index is 0.0140. The van der Waals surface area contributed by atoms with Gasteiger partial charge in [-0.25, -0.2) is 0 Å². The molecule has 0 fully saturated rings. The number of benzene rings is 2. The molecular weight excluding hydrogens is 312 g/mol. The van der Waals surface area contributed by atoms with E-state index in [-0.39, 0.29) is 19.1 Å². The summed E-state index contributed by atoms with van der Waals surface area (Å²) in [5.74, 6) is 0.103. The number of aryl methyl sites for hydroxylation is 1. The number of carbonyl (C=O) groups is 1. The van der Waals surface area contributed by atoms with Crippen molar-refractivity contribution in [2.45, 2.75) is 31.3 Å². The fraction of sp³-hybridized carbons (Fsp3) is 0.381. The predicted molar refractivity (Wildman–Crippen MR) is 97.1 cm³/mol. The molecule has 2 N–H and O–H groups in total. The third-order valence-corrected chi connectivity index (χ3v) is 5.69. The van der Waals surface area contributed by atoms with Crippen molar-refractivity contribution in [2.24, 2.45) is 0 Å². The van der Waals surface area contributed by atoms with Crippen LogP contribution in [0.5, 0.6) is 0 Å². The number of nitrogens with zero attached hydrogens (tertiary/aromatic N) is 1. The second kappa shape index (κ2) is 6.62. The zero-order valence-electron chi connectivity index (χ0n) is 14.4. The lowest BCUT2D eigenvalue weighted by Crippen LogP contribution is -2.49. The van der Waals surface area contributed by atoms with Crippen LogP contribution < -0.4 is 5.32 Å². The average molecular weight is 336 g/mol. The summed E-state index contributed by atoms with van der Waals surface area (Å²) in [6.45, 7) is 1.72. The molecule has 1 unspecified atom stereocenters. The van der Waals surface area contributed by atoms with E-state index in [9.17, 15) is 9.90 Å². The first kappa shape index (κ1) is 16.3. The van der Waals surface area contributed by atoms with Gasteiger partial charge in [0.05, 0.1) is 18.7 Å². The van der Waals surface area contributed by atoms with Gasteiger partial charge in [-0.2, -0.15) is 0 Å². The lowest BCUT2D eigenvalue weighted by Gasteiger charge is -2.33. The SMILES string of the molecule is O=C(CNC1(CO)CCc2ccccc21)N1CCc2ccccc2C1. The molecule has 2 aromatic carbocycles. The molecule has 0 bridgehead atoms. The van der Waals surface area contributed by atoms with E-state index in [0.717, 1.165) is 31.4 Å². The maximum absolute atomic E-state index is 12.7. The topological polar surface area (TPSA) is 52.6 Å². The van der Waals surface area contributed by atoms with Crippen LogP contribution in [0, 0.1) is 0 Å². The Morgan fingerprint density at radius 2 is 1.76 bits per heavy atom. The van der Waals surface area contributed by atoms with E-state index in [0.29, 0.717) is 6.54 Å². The maximum Gasteiger partial charge on any atom is 0.236 e. The van der Waals surface area contributed by atoms with Crippen LogP contribution in [0.2, 0.25) is 0 Å². The second-order valence-corrected chi connectivity index (χ2v) is 7.08. The van der Waals surface area contributed by atoms with Gasteiger partial charge in [0.2, 0.25) is 5.91 Å². The second-order valence-electron chi connectivity index (χ2n) is 7.08. The first-order chi connectivity index (χ1) is 12.2. The molecule has 1 amide bonds. The Morgan fingerprint density at radius 3 is 2.56 bits per heavy atom. The Balaban J connectivity index is 1.44. The summed E-state index contributed by atoms with van der Waals surface area (Å²) in [6.07, 6.45) is 2.68. The number of hydrogen-bond donors (Lipinski definition) is 2. The van der Waals surface area contributed by atoms with Gasteiger partial charge in [0.15, 0.2) is 0 Å². The van der Waals surface area contributed by atoms with E-state index < -0.39 is 5.54 Å². The lowest BCUT2D eigenvalue weighted by atomic mass is 9.92. The minimum atomic E-state index is -0.486. The zero-order chi connectivity index (χ0) is 17.3. The molecular formula is C21H24N2O2. The fourth-order valence-corrected chi connectivity index (χ4v) is 4.16. The van der Waals surface area contributed by atoms with E-state index >= 15 is 0 Å². The highest BCUT2D eigenvalue weighted by Crippen LogP contribution is 2.36. The van der Waals surface area contributed by atoms with E-state index in [4.69, 9.17) is 0 Å². The number of rotatable bonds is 4. The van der Waals surface area contributed by atoms with Crippen LogP contribution >= 0.6 is 0 Å². The van der Waals surface area contributed by atoms with Gasteiger partial charge < -0.3 is 10.0 Å². The van der Waals surface area contributed by atoms with Crippen molar-refractivity contribution < 1.29 is 9.90 Å². The van der Waals surface area contributed by atoms with Crippen molar-refractivity contribution in [3.63, 3.8) is 0 Å². The van der Waals surface area contributed by atoms with Gasteiger partial charge in [0.25, 0.3) is 0 Å². The van der Waals surface area contributed by atoms with E-state index in [1.54, 1.807) is 0 Å². The molecule has 25 heavy (non-hydrogen) atoms. The van der Waals surface area contributed by atoms with Crippen molar-refractivity contribution in [1.29, 1.82) is 0 Å². The van der Waals surface area contributed by atoms with Crippen LogP contribution in [0.3, 0.4) is 0 Å². The zero-order valence-corrected chi connectivity index (χ0v) is 14.4. The molecule has 1 atom stereocenters. The summed E-state index contributed by atoms with van der Waals surface area (Å²) in [7, 11) is 0. The van der Waals surface area contributed by atoms with Crippen molar-refractivity contribution in [3.05, 3.63) is 70.8 Å². The Kier molecular flexibility index (Phi) is 4.32. The van der Waals surface area contributed by atoms with Gasteiger partial charge in [-0.15, -0.1) is 0 Å².